The van der Waals surface area contributed by atoms with Crippen molar-refractivity contribution in [2.24, 2.45) is 5.92 Å². The summed E-state index contributed by atoms with van der Waals surface area (Å²) in [5, 5.41) is 6.38. The molecule has 0 spiro atoms. The molecule has 26 heavy (non-hydrogen) atoms. The van der Waals surface area contributed by atoms with Gasteiger partial charge in [-0.1, -0.05) is 0 Å². The summed E-state index contributed by atoms with van der Waals surface area (Å²) in [6.07, 6.45) is 5.02. The zero-order chi connectivity index (χ0) is 18.5. The molecule has 1 aliphatic rings. The first-order chi connectivity index (χ1) is 12.5. The zero-order valence-corrected chi connectivity index (χ0v) is 15.8. The number of aryl methyl sites for hydroxylation is 2. The number of thiazole rings is 1. The maximum Gasteiger partial charge on any atom is 0.240 e. The lowest BCUT2D eigenvalue weighted by Gasteiger charge is -2.31. The van der Waals surface area contributed by atoms with Crippen LogP contribution in [0, 0.1) is 19.8 Å². The molecule has 0 aliphatic carbocycles. The maximum absolute atomic E-state index is 12.5. The monoisotopic (exact) mass is 373 g/mol. The number of piperidine rings is 1. The number of pyridine rings is 1. The Bertz CT molecular complexity index is 758. The molecule has 2 N–H and O–H groups in total. The van der Waals surface area contributed by atoms with Crippen molar-refractivity contribution >= 4 is 34.0 Å². The second-order valence-electron chi connectivity index (χ2n) is 6.51. The van der Waals surface area contributed by atoms with Crippen LogP contribution in [0.5, 0.6) is 0 Å². The standard InChI is InChI=1S/C18H23N5O2S/c1-12-13(2)26-18(20-12)22-16(24)11-23-8-4-5-14(10-23)17(25)21-15-6-3-7-19-9-15/h3,6-7,9,14H,4-5,8,10-11H2,1-2H3,(H,21,25)(H,20,22,24). The summed E-state index contributed by atoms with van der Waals surface area (Å²) in [5.74, 6) is -0.234. The van der Waals surface area contributed by atoms with E-state index in [-0.39, 0.29) is 24.3 Å². The van der Waals surface area contributed by atoms with E-state index in [1.165, 1.54) is 11.3 Å². The Kier molecular flexibility index (Phi) is 5.95. The van der Waals surface area contributed by atoms with E-state index in [9.17, 15) is 9.59 Å². The van der Waals surface area contributed by atoms with Crippen molar-refractivity contribution in [2.45, 2.75) is 26.7 Å². The number of likely N-dealkylation sites (tertiary alicyclic amines) is 1. The molecule has 3 rings (SSSR count). The van der Waals surface area contributed by atoms with Crippen LogP contribution in [0.3, 0.4) is 0 Å². The zero-order valence-electron chi connectivity index (χ0n) is 15.0. The van der Waals surface area contributed by atoms with Gasteiger partial charge in [-0.05, 0) is 45.4 Å². The third kappa shape index (κ3) is 4.86. The van der Waals surface area contributed by atoms with Crippen LogP contribution in [0.1, 0.15) is 23.4 Å². The lowest BCUT2D eigenvalue weighted by molar-refractivity contribution is -0.123. The Hall–Kier alpha value is -2.32. The van der Waals surface area contributed by atoms with Crippen LogP contribution < -0.4 is 10.6 Å². The number of hydrogen-bond donors (Lipinski definition) is 2. The van der Waals surface area contributed by atoms with Crippen LogP contribution in [-0.4, -0.2) is 46.3 Å². The van der Waals surface area contributed by atoms with Crippen molar-refractivity contribution in [1.82, 2.24) is 14.9 Å². The van der Waals surface area contributed by atoms with Gasteiger partial charge in [0.15, 0.2) is 5.13 Å². The second-order valence-corrected chi connectivity index (χ2v) is 7.72. The summed E-state index contributed by atoms with van der Waals surface area (Å²) in [6, 6.07) is 3.60. The summed E-state index contributed by atoms with van der Waals surface area (Å²) < 4.78 is 0. The van der Waals surface area contributed by atoms with Crippen molar-refractivity contribution in [3.8, 4) is 0 Å². The first kappa shape index (κ1) is 18.5. The molecule has 3 heterocycles. The second kappa shape index (κ2) is 8.37. The molecule has 2 aromatic heterocycles. The fraction of sp³-hybridized carbons (Fsp3) is 0.444. The van der Waals surface area contributed by atoms with Gasteiger partial charge in [-0.2, -0.15) is 0 Å². The molecule has 138 valence electrons. The van der Waals surface area contributed by atoms with Crippen LogP contribution in [0.25, 0.3) is 0 Å². The number of anilines is 2. The number of amides is 2. The van der Waals surface area contributed by atoms with Gasteiger partial charge in [0.2, 0.25) is 11.8 Å². The van der Waals surface area contributed by atoms with Gasteiger partial charge in [0.05, 0.1) is 30.0 Å². The Labute approximate surface area is 156 Å². The van der Waals surface area contributed by atoms with E-state index in [1.54, 1.807) is 18.5 Å². The topological polar surface area (TPSA) is 87.2 Å². The van der Waals surface area contributed by atoms with E-state index in [4.69, 9.17) is 0 Å². The summed E-state index contributed by atoms with van der Waals surface area (Å²) in [5.41, 5.74) is 1.64. The minimum atomic E-state index is -0.124. The maximum atomic E-state index is 12.5. The van der Waals surface area contributed by atoms with E-state index in [1.807, 2.05) is 24.8 Å². The molecule has 0 radical (unpaired) electrons. The number of carbonyl (C=O) groups is 2. The molecule has 2 amide bonds. The van der Waals surface area contributed by atoms with E-state index >= 15 is 0 Å². The summed E-state index contributed by atoms with van der Waals surface area (Å²) in [7, 11) is 0. The summed E-state index contributed by atoms with van der Waals surface area (Å²) in [4.78, 5) is 36.2. The highest BCUT2D eigenvalue weighted by molar-refractivity contribution is 7.15. The van der Waals surface area contributed by atoms with Crippen LogP contribution in [0.15, 0.2) is 24.5 Å². The fourth-order valence-corrected chi connectivity index (χ4v) is 3.81. The van der Waals surface area contributed by atoms with Crippen molar-refractivity contribution in [2.75, 3.05) is 30.3 Å². The quantitative estimate of drug-likeness (QED) is 0.841. The molecule has 1 atom stereocenters. The molecule has 8 heteroatoms. The first-order valence-corrected chi connectivity index (χ1v) is 9.50. The van der Waals surface area contributed by atoms with Crippen molar-refractivity contribution in [1.29, 1.82) is 0 Å². The Balaban J connectivity index is 1.51. The molecule has 1 unspecified atom stereocenters. The van der Waals surface area contributed by atoms with E-state index < -0.39 is 0 Å². The predicted molar refractivity (Wildman–Crippen MR) is 102 cm³/mol. The predicted octanol–water partition coefficient (Wildman–Crippen LogP) is 2.44. The number of carbonyl (C=O) groups excluding carboxylic acids is 2. The van der Waals surface area contributed by atoms with Crippen molar-refractivity contribution < 1.29 is 9.59 Å². The third-order valence-electron chi connectivity index (χ3n) is 4.45. The molecule has 7 nitrogen and oxygen atoms in total. The average Bonchev–Trinajstić information content (AvgIpc) is 2.93. The summed E-state index contributed by atoms with van der Waals surface area (Å²) >= 11 is 1.48. The molecule has 1 saturated heterocycles. The van der Waals surface area contributed by atoms with E-state index in [0.717, 1.165) is 30.0 Å². The molecule has 0 aromatic carbocycles. The highest BCUT2D eigenvalue weighted by Gasteiger charge is 2.27. The molecule has 1 aliphatic heterocycles. The highest BCUT2D eigenvalue weighted by atomic mass is 32.1. The normalized spacial score (nSPS) is 17.7. The van der Waals surface area contributed by atoms with Gasteiger partial charge in [0.25, 0.3) is 0 Å². The Morgan fingerprint density at radius 3 is 2.88 bits per heavy atom. The van der Waals surface area contributed by atoms with Gasteiger partial charge in [-0.15, -0.1) is 11.3 Å². The van der Waals surface area contributed by atoms with Crippen LogP contribution >= 0.6 is 11.3 Å². The Morgan fingerprint density at radius 2 is 2.19 bits per heavy atom. The van der Waals surface area contributed by atoms with Crippen molar-refractivity contribution in [3.05, 3.63) is 35.1 Å². The minimum absolute atomic E-state index is 0.0192. The van der Waals surface area contributed by atoms with E-state index in [2.05, 4.69) is 20.6 Å². The van der Waals surface area contributed by atoms with Crippen LogP contribution in [-0.2, 0) is 9.59 Å². The molecule has 0 bridgehead atoms. The van der Waals surface area contributed by atoms with Gasteiger partial charge in [-0.3, -0.25) is 19.5 Å². The number of hydrogen-bond acceptors (Lipinski definition) is 6. The number of aromatic nitrogens is 2. The van der Waals surface area contributed by atoms with Crippen LogP contribution in [0.4, 0.5) is 10.8 Å². The molecule has 2 aromatic rings. The van der Waals surface area contributed by atoms with E-state index in [0.29, 0.717) is 17.4 Å². The molecular formula is C18H23N5O2S. The average molecular weight is 373 g/mol. The molecular weight excluding hydrogens is 350 g/mol. The first-order valence-electron chi connectivity index (χ1n) is 8.68. The smallest absolute Gasteiger partial charge is 0.240 e. The van der Waals surface area contributed by atoms with Gasteiger partial charge in [0.1, 0.15) is 0 Å². The van der Waals surface area contributed by atoms with Crippen molar-refractivity contribution in [3.63, 3.8) is 0 Å². The SMILES string of the molecule is Cc1nc(NC(=O)CN2CCCC(C(=O)Nc3cccnc3)C2)sc1C. The van der Waals surface area contributed by atoms with Gasteiger partial charge < -0.3 is 10.6 Å². The minimum Gasteiger partial charge on any atom is -0.324 e. The lowest BCUT2D eigenvalue weighted by Crippen LogP contribution is -2.44. The summed E-state index contributed by atoms with van der Waals surface area (Å²) in [6.45, 7) is 5.58. The lowest BCUT2D eigenvalue weighted by atomic mass is 9.97. The fourth-order valence-electron chi connectivity index (χ4n) is 2.98. The number of nitrogens with zero attached hydrogens (tertiary/aromatic N) is 3. The van der Waals surface area contributed by atoms with Gasteiger partial charge in [0, 0.05) is 17.6 Å². The van der Waals surface area contributed by atoms with Gasteiger partial charge >= 0.3 is 0 Å². The third-order valence-corrected chi connectivity index (χ3v) is 5.44. The molecule has 0 saturated carbocycles. The number of nitrogens with one attached hydrogen (secondary N) is 2. The molecule has 1 fully saturated rings. The Morgan fingerprint density at radius 1 is 1.35 bits per heavy atom. The number of rotatable bonds is 5. The largest absolute Gasteiger partial charge is 0.324 e. The highest BCUT2D eigenvalue weighted by Crippen LogP contribution is 2.22. The van der Waals surface area contributed by atoms with Gasteiger partial charge in [-0.25, -0.2) is 4.98 Å². The van der Waals surface area contributed by atoms with Crippen LogP contribution in [0.2, 0.25) is 0 Å².